The molecular weight excluding hydrogens is 234 g/mol. The van der Waals surface area contributed by atoms with Crippen molar-refractivity contribution in [3.05, 3.63) is 0 Å². The number of morpholine rings is 1. The molecule has 1 N–H and O–H groups in total. The van der Waals surface area contributed by atoms with Crippen LogP contribution >= 0.6 is 15.9 Å². The number of aliphatic hydroxyl groups excluding tert-OH is 1. The molecule has 0 aromatic heterocycles. The second-order valence-corrected chi connectivity index (χ2v) is 4.80. The van der Waals surface area contributed by atoms with Gasteiger partial charge in [-0.2, -0.15) is 0 Å². The number of hydrogen-bond acceptors (Lipinski definition) is 3. The van der Waals surface area contributed by atoms with Crippen LogP contribution in [0.4, 0.5) is 0 Å². The second-order valence-electron chi connectivity index (χ2n) is 4.15. The number of hydrogen-bond donors (Lipinski definition) is 1. The zero-order chi connectivity index (χ0) is 9.90. The fourth-order valence-corrected chi connectivity index (χ4v) is 1.82. The molecule has 1 aliphatic rings. The van der Waals surface area contributed by atoms with Crippen molar-refractivity contribution in [2.75, 3.05) is 31.6 Å². The van der Waals surface area contributed by atoms with Crippen LogP contribution in [0, 0.1) is 0 Å². The maximum atomic E-state index is 9.45. The summed E-state index contributed by atoms with van der Waals surface area (Å²) in [5.74, 6) is 0. The van der Waals surface area contributed by atoms with Gasteiger partial charge in [0.05, 0.1) is 18.3 Å². The Kier molecular flexibility index (Phi) is 4.16. The third-order valence-electron chi connectivity index (χ3n) is 2.15. The highest BCUT2D eigenvalue weighted by molar-refractivity contribution is 9.09. The third-order valence-corrected chi connectivity index (χ3v) is 2.90. The SMILES string of the molecule is CC1(C)CN(CC(O)CBr)CCO1. The summed E-state index contributed by atoms with van der Waals surface area (Å²) in [5.41, 5.74) is -0.0652. The van der Waals surface area contributed by atoms with Crippen LogP contribution in [-0.4, -0.2) is 53.3 Å². The van der Waals surface area contributed by atoms with E-state index in [-0.39, 0.29) is 11.7 Å². The average molecular weight is 252 g/mol. The van der Waals surface area contributed by atoms with Crippen LogP contribution in [0.25, 0.3) is 0 Å². The second kappa shape index (κ2) is 4.73. The summed E-state index contributed by atoms with van der Waals surface area (Å²) >= 11 is 3.26. The predicted octanol–water partition coefficient (Wildman–Crippen LogP) is 0.853. The van der Waals surface area contributed by atoms with Crippen molar-refractivity contribution in [3.8, 4) is 0 Å². The monoisotopic (exact) mass is 251 g/mol. The van der Waals surface area contributed by atoms with E-state index < -0.39 is 0 Å². The van der Waals surface area contributed by atoms with E-state index in [1.807, 2.05) is 0 Å². The van der Waals surface area contributed by atoms with Crippen LogP contribution in [0.5, 0.6) is 0 Å². The van der Waals surface area contributed by atoms with Crippen molar-refractivity contribution in [2.45, 2.75) is 25.6 Å². The summed E-state index contributed by atoms with van der Waals surface area (Å²) in [5, 5.41) is 10.1. The molecule has 0 amide bonds. The van der Waals surface area contributed by atoms with E-state index in [1.165, 1.54) is 0 Å². The first kappa shape index (κ1) is 11.4. The van der Waals surface area contributed by atoms with Gasteiger partial charge in [-0.05, 0) is 13.8 Å². The van der Waals surface area contributed by atoms with Gasteiger partial charge in [-0.15, -0.1) is 0 Å². The number of alkyl halides is 1. The molecule has 1 atom stereocenters. The lowest BCUT2D eigenvalue weighted by Gasteiger charge is -2.38. The highest BCUT2D eigenvalue weighted by Gasteiger charge is 2.27. The van der Waals surface area contributed by atoms with Crippen LogP contribution in [-0.2, 0) is 4.74 Å². The maximum Gasteiger partial charge on any atom is 0.0763 e. The van der Waals surface area contributed by atoms with Crippen molar-refractivity contribution in [1.29, 1.82) is 0 Å². The van der Waals surface area contributed by atoms with Gasteiger partial charge in [-0.25, -0.2) is 0 Å². The quantitative estimate of drug-likeness (QED) is 0.756. The van der Waals surface area contributed by atoms with Crippen LogP contribution in [0.2, 0.25) is 0 Å². The molecule has 1 heterocycles. The molecule has 1 saturated heterocycles. The zero-order valence-electron chi connectivity index (χ0n) is 8.29. The van der Waals surface area contributed by atoms with Crippen molar-refractivity contribution >= 4 is 15.9 Å². The van der Waals surface area contributed by atoms with Gasteiger partial charge in [-0.1, -0.05) is 15.9 Å². The summed E-state index contributed by atoms with van der Waals surface area (Å²) in [4.78, 5) is 2.25. The fraction of sp³-hybridized carbons (Fsp3) is 1.00. The Morgan fingerprint density at radius 2 is 2.31 bits per heavy atom. The van der Waals surface area contributed by atoms with Crippen LogP contribution < -0.4 is 0 Å². The molecule has 0 aliphatic carbocycles. The van der Waals surface area contributed by atoms with Crippen LogP contribution in [0.3, 0.4) is 0 Å². The first-order valence-electron chi connectivity index (χ1n) is 4.64. The van der Waals surface area contributed by atoms with E-state index in [9.17, 15) is 5.11 Å². The van der Waals surface area contributed by atoms with Crippen LogP contribution in [0.15, 0.2) is 0 Å². The van der Waals surface area contributed by atoms with Gasteiger partial charge in [-0.3, -0.25) is 4.90 Å². The van der Waals surface area contributed by atoms with Crippen molar-refractivity contribution in [3.63, 3.8) is 0 Å². The molecule has 13 heavy (non-hydrogen) atoms. The fourth-order valence-electron chi connectivity index (χ4n) is 1.62. The zero-order valence-corrected chi connectivity index (χ0v) is 9.88. The number of ether oxygens (including phenoxy) is 1. The molecule has 1 unspecified atom stereocenters. The molecule has 1 rings (SSSR count). The molecule has 0 bridgehead atoms. The van der Waals surface area contributed by atoms with E-state index in [0.717, 1.165) is 26.2 Å². The Labute approximate surface area is 88.2 Å². The Balaban J connectivity index is 2.34. The molecule has 78 valence electrons. The van der Waals surface area contributed by atoms with Gasteiger partial charge in [0.25, 0.3) is 0 Å². The van der Waals surface area contributed by atoms with Crippen LogP contribution in [0.1, 0.15) is 13.8 Å². The standard InChI is InChI=1S/C9H18BrNO2/c1-9(2)7-11(3-4-13-9)6-8(12)5-10/h8,12H,3-7H2,1-2H3. The summed E-state index contributed by atoms with van der Waals surface area (Å²) in [6.07, 6.45) is -0.270. The lowest BCUT2D eigenvalue weighted by Crippen LogP contribution is -2.50. The Hall–Kier alpha value is 0.360. The lowest BCUT2D eigenvalue weighted by atomic mass is 10.1. The Morgan fingerprint density at radius 3 is 2.85 bits per heavy atom. The smallest absolute Gasteiger partial charge is 0.0763 e. The highest BCUT2D eigenvalue weighted by atomic mass is 79.9. The van der Waals surface area contributed by atoms with Gasteiger partial charge in [0.1, 0.15) is 0 Å². The molecule has 0 aromatic carbocycles. The molecule has 3 nitrogen and oxygen atoms in total. The van der Waals surface area contributed by atoms with Crippen molar-refractivity contribution in [2.24, 2.45) is 0 Å². The Morgan fingerprint density at radius 1 is 1.62 bits per heavy atom. The van der Waals surface area contributed by atoms with E-state index >= 15 is 0 Å². The number of β-amino-alcohol motifs (C(OH)–C–C–N with tert-alkyl or cyclic N) is 1. The van der Waals surface area contributed by atoms with Gasteiger partial charge in [0.2, 0.25) is 0 Å². The van der Waals surface area contributed by atoms with Gasteiger partial charge < -0.3 is 9.84 Å². The molecule has 4 heteroatoms. The van der Waals surface area contributed by atoms with E-state index in [1.54, 1.807) is 0 Å². The van der Waals surface area contributed by atoms with E-state index in [4.69, 9.17) is 4.74 Å². The molecule has 1 fully saturated rings. The molecular formula is C9H18BrNO2. The normalized spacial score (nSPS) is 25.8. The average Bonchev–Trinajstić information content (AvgIpc) is 2.02. The summed E-state index contributed by atoms with van der Waals surface area (Å²) < 4.78 is 5.58. The lowest BCUT2D eigenvalue weighted by molar-refractivity contribution is -0.0918. The first-order valence-corrected chi connectivity index (χ1v) is 5.76. The first-order chi connectivity index (χ1) is 6.03. The minimum absolute atomic E-state index is 0.0652. The summed E-state index contributed by atoms with van der Waals surface area (Å²) in [6.45, 7) is 7.49. The third kappa shape index (κ3) is 3.94. The molecule has 0 saturated carbocycles. The summed E-state index contributed by atoms with van der Waals surface area (Å²) in [7, 11) is 0. The van der Waals surface area contributed by atoms with E-state index in [2.05, 4.69) is 34.7 Å². The number of halogens is 1. The van der Waals surface area contributed by atoms with Gasteiger partial charge in [0.15, 0.2) is 0 Å². The van der Waals surface area contributed by atoms with E-state index in [0.29, 0.717) is 5.33 Å². The highest BCUT2D eigenvalue weighted by Crippen LogP contribution is 2.16. The Bertz CT molecular complexity index is 164. The molecule has 1 aliphatic heterocycles. The minimum Gasteiger partial charge on any atom is -0.391 e. The molecule has 0 aromatic rings. The largest absolute Gasteiger partial charge is 0.391 e. The van der Waals surface area contributed by atoms with Gasteiger partial charge >= 0.3 is 0 Å². The topological polar surface area (TPSA) is 32.7 Å². The maximum absolute atomic E-state index is 9.45. The predicted molar refractivity (Wildman–Crippen MR) is 56.3 cm³/mol. The molecule has 0 spiro atoms. The minimum atomic E-state index is -0.270. The van der Waals surface area contributed by atoms with Gasteiger partial charge in [0, 0.05) is 25.0 Å². The summed E-state index contributed by atoms with van der Waals surface area (Å²) in [6, 6.07) is 0. The number of rotatable bonds is 3. The number of nitrogens with zero attached hydrogens (tertiary/aromatic N) is 1. The van der Waals surface area contributed by atoms with Crippen molar-refractivity contribution in [1.82, 2.24) is 4.90 Å². The van der Waals surface area contributed by atoms with Crippen molar-refractivity contribution < 1.29 is 9.84 Å². The molecule has 0 radical (unpaired) electrons. The number of aliphatic hydroxyl groups is 1.